The van der Waals surface area contributed by atoms with Crippen molar-refractivity contribution in [2.75, 3.05) is 5.32 Å². The van der Waals surface area contributed by atoms with Crippen molar-refractivity contribution in [2.45, 2.75) is 39.2 Å². The minimum Gasteiger partial charge on any atom is -0.367 e. The monoisotopic (exact) mass is 229 g/mol. The van der Waals surface area contributed by atoms with Crippen LogP contribution in [0.4, 0.5) is 5.82 Å². The van der Waals surface area contributed by atoms with Crippen LogP contribution in [0.15, 0.2) is 18.2 Å². The van der Waals surface area contributed by atoms with E-state index in [0.29, 0.717) is 17.7 Å². The zero-order chi connectivity index (χ0) is 12.3. The number of aromatic nitrogens is 1. The van der Waals surface area contributed by atoms with Crippen LogP contribution in [-0.2, 0) is 0 Å². The van der Waals surface area contributed by atoms with Gasteiger partial charge in [0.05, 0.1) is 0 Å². The molecule has 17 heavy (non-hydrogen) atoms. The largest absolute Gasteiger partial charge is 0.367 e. The van der Waals surface area contributed by atoms with Gasteiger partial charge in [0.25, 0.3) is 0 Å². The van der Waals surface area contributed by atoms with Crippen LogP contribution < -0.4 is 5.32 Å². The van der Waals surface area contributed by atoms with E-state index in [1.165, 1.54) is 19.3 Å². The zero-order valence-corrected chi connectivity index (χ0v) is 10.5. The molecule has 1 saturated carbocycles. The number of anilines is 1. The van der Waals surface area contributed by atoms with E-state index >= 15 is 0 Å². The van der Waals surface area contributed by atoms with E-state index in [4.69, 9.17) is 5.26 Å². The second kappa shape index (κ2) is 5.18. The quantitative estimate of drug-likeness (QED) is 0.847. The molecule has 0 bridgehead atoms. The summed E-state index contributed by atoms with van der Waals surface area (Å²) in [5.41, 5.74) is 0.479. The lowest BCUT2D eigenvalue weighted by atomic mass is 9.80. The molecule has 1 heterocycles. The van der Waals surface area contributed by atoms with Gasteiger partial charge in [0.1, 0.15) is 17.6 Å². The Morgan fingerprint density at radius 3 is 2.88 bits per heavy atom. The van der Waals surface area contributed by atoms with Crippen LogP contribution in [0, 0.1) is 23.2 Å². The van der Waals surface area contributed by atoms with E-state index in [0.717, 1.165) is 11.7 Å². The van der Waals surface area contributed by atoms with Gasteiger partial charge in [-0.3, -0.25) is 0 Å². The van der Waals surface area contributed by atoms with Crippen LogP contribution in [-0.4, -0.2) is 11.0 Å². The van der Waals surface area contributed by atoms with Crippen LogP contribution in [0.5, 0.6) is 0 Å². The molecule has 0 aromatic carbocycles. The maximum absolute atomic E-state index is 8.81. The molecule has 0 amide bonds. The van der Waals surface area contributed by atoms with E-state index < -0.39 is 0 Å². The van der Waals surface area contributed by atoms with Gasteiger partial charge in [-0.25, -0.2) is 4.98 Å². The molecule has 3 unspecified atom stereocenters. The molecule has 0 radical (unpaired) electrons. The summed E-state index contributed by atoms with van der Waals surface area (Å²) < 4.78 is 0. The third-order valence-corrected chi connectivity index (χ3v) is 3.63. The second-order valence-corrected chi connectivity index (χ2v) is 5.17. The Hall–Kier alpha value is -1.56. The number of hydrogen-bond acceptors (Lipinski definition) is 3. The average molecular weight is 229 g/mol. The predicted molar refractivity (Wildman–Crippen MR) is 68.5 cm³/mol. The van der Waals surface area contributed by atoms with Crippen molar-refractivity contribution < 1.29 is 0 Å². The van der Waals surface area contributed by atoms with Crippen molar-refractivity contribution >= 4 is 5.82 Å². The Morgan fingerprint density at radius 2 is 2.18 bits per heavy atom. The van der Waals surface area contributed by atoms with E-state index in [1.807, 2.05) is 12.1 Å². The van der Waals surface area contributed by atoms with Gasteiger partial charge in [-0.1, -0.05) is 19.9 Å². The Labute approximate surface area is 103 Å². The maximum atomic E-state index is 8.81. The molecule has 1 aromatic rings. The third-order valence-electron chi connectivity index (χ3n) is 3.63. The fourth-order valence-corrected chi connectivity index (χ4v) is 2.65. The summed E-state index contributed by atoms with van der Waals surface area (Å²) in [5, 5.41) is 12.3. The summed E-state index contributed by atoms with van der Waals surface area (Å²) in [6, 6.07) is 8.11. The number of nitrogens with zero attached hydrogens (tertiary/aromatic N) is 2. The number of nitriles is 1. The fourth-order valence-electron chi connectivity index (χ4n) is 2.65. The molecule has 0 spiro atoms. The third kappa shape index (κ3) is 2.97. The van der Waals surface area contributed by atoms with Crippen LogP contribution in [0.3, 0.4) is 0 Å². The first kappa shape index (κ1) is 11.9. The molecule has 3 heteroatoms. The second-order valence-electron chi connectivity index (χ2n) is 5.17. The van der Waals surface area contributed by atoms with Crippen molar-refractivity contribution in [1.82, 2.24) is 4.98 Å². The first-order valence-electron chi connectivity index (χ1n) is 6.32. The molecule has 1 aliphatic carbocycles. The lowest BCUT2D eigenvalue weighted by molar-refractivity contribution is 0.276. The number of nitrogens with one attached hydrogen (secondary N) is 1. The summed E-state index contributed by atoms with van der Waals surface area (Å²) in [4.78, 5) is 4.27. The highest BCUT2D eigenvalue weighted by Crippen LogP contribution is 2.30. The minimum absolute atomic E-state index is 0.479. The van der Waals surface area contributed by atoms with Crippen molar-refractivity contribution in [3.05, 3.63) is 23.9 Å². The van der Waals surface area contributed by atoms with Gasteiger partial charge in [-0.2, -0.15) is 5.26 Å². The van der Waals surface area contributed by atoms with Crippen molar-refractivity contribution in [1.29, 1.82) is 5.26 Å². The molecule has 1 aliphatic rings. The van der Waals surface area contributed by atoms with Gasteiger partial charge < -0.3 is 5.32 Å². The van der Waals surface area contributed by atoms with Crippen LogP contribution in [0.25, 0.3) is 0 Å². The standard InChI is InChI=1S/C14H19N3/c1-10-6-7-13(11(2)8-10)17-14-5-3-4-12(9-15)16-14/h3-5,10-11,13H,6-8H2,1-2H3,(H,16,17). The maximum Gasteiger partial charge on any atom is 0.142 e. The molecule has 1 aromatic heterocycles. The molecule has 1 N–H and O–H groups in total. The Bertz CT molecular complexity index is 422. The Morgan fingerprint density at radius 1 is 1.35 bits per heavy atom. The summed E-state index contributed by atoms with van der Waals surface area (Å²) in [6.07, 6.45) is 3.75. The van der Waals surface area contributed by atoms with E-state index in [9.17, 15) is 0 Å². The number of rotatable bonds is 2. The molecule has 2 rings (SSSR count). The lowest BCUT2D eigenvalue weighted by Gasteiger charge is -2.33. The Kier molecular flexibility index (Phi) is 3.63. The SMILES string of the molecule is CC1CCC(Nc2cccc(C#N)n2)C(C)C1. The summed E-state index contributed by atoms with van der Waals surface area (Å²) >= 11 is 0. The van der Waals surface area contributed by atoms with Gasteiger partial charge >= 0.3 is 0 Å². The number of pyridine rings is 1. The van der Waals surface area contributed by atoms with E-state index in [-0.39, 0.29) is 0 Å². The molecule has 3 atom stereocenters. The van der Waals surface area contributed by atoms with Crippen LogP contribution >= 0.6 is 0 Å². The topological polar surface area (TPSA) is 48.7 Å². The highest BCUT2D eigenvalue weighted by atomic mass is 15.0. The highest BCUT2D eigenvalue weighted by molar-refractivity contribution is 5.39. The fraction of sp³-hybridized carbons (Fsp3) is 0.571. The molecular weight excluding hydrogens is 210 g/mol. The minimum atomic E-state index is 0.479. The van der Waals surface area contributed by atoms with E-state index in [2.05, 4.69) is 30.2 Å². The van der Waals surface area contributed by atoms with Crippen LogP contribution in [0.2, 0.25) is 0 Å². The zero-order valence-electron chi connectivity index (χ0n) is 10.5. The first-order valence-corrected chi connectivity index (χ1v) is 6.32. The van der Waals surface area contributed by atoms with E-state index in [1.54, 1.807) is 6.07 Å². The van der Waals surface area contributed by atoms with Gasteiger partial charge in [0.15, 0.2) is 0 Å². The first-order chi connectivity index (χ1) is 8.19. The van der Waals surface area contributed by atoms with Gasteiger partial charge in [0.2, 0.25) is 0 Å². The highest BCUT2D eigenvalue weighted by Gasteiger charge is 2.25. The molecular formula is C14H19N3. The summed E-state index contributed by atoms with van der Waals surface area (Å²) in [5.74, 6) is 2.34. The molecule has 3 nitrogen and oxygen atoms in total. The normalized spacial score (nSPS) is 28.4. The molecule has 90 valence electrons. The average Bonchev–Trinajstić information content (AvgIpc) is 2.33. The van der Waals surface area contributed by atoms with Crippen molar-refractivity contribution in [3.8, 4) is 6.07 Å². The van der Waals surface area contributed by atoms with Gasteiger partial charge in [-0.05, 0) is 43.2 Å². The number of hydrogen-bond donors (Lipinski definition) is 1. The van der Waals surface area contributed by atoms with Gasteiger partial charge in [-0.15, -0.1) is 0 Å². The predicted octanol–water partition coefficient (Wildman–Crippen LogP) is 3.19. The van der Waals surface area contributed by atoms with Crippen molar-refractivity contribution in [3.63, 3.8) is 0 Å². The van der Waals surface area contributed by atoms with Gasteiger partial charge in [0, 0.05) is 6.04 Å². The smallest absolute Gasteiger partial charge is 0.142 e. The van der Waals surface area contributed by atoms with Crippen molar-refractivity contribution in [2.24, 2.45) is 11.8 Å². The van der Waals surface area contributed by atoms with Crippen LogP contribution in [0.1, 0.15) is 38.8 Å². The summed E-state index contributed by atoms with van der Waals surface area (Å²) in [7, 11) is 0. The lowest BCUT2D eigenvalue weighted by Crippen LogP contribution is -2.33. The molecule has 0 saturated heterocycles. The summed E-state index contributed by atoms with van der Waals surface area (Å²) in [6.45, 7) is 4.61. The Balaban J connectivity index is 2.03. The molecule has 0 aliphatic heterocycles. The molecule has 1 fully saturated rings.